The summed E-state index contributed by atoms with van der Waals surface area (Å²) >= 11 is 0. The van der Waals surface area contributed by atoms with E-state index < -0.39 is 0 Å². The zero-order chi connectivity index (χ0) is 16.4. The van der Waals surface area contributed by atoms with Crippen LogP contribution in [0.15, 0.2) is 24.3 Å². The van der Waals surface area contributed by atoms with E-state index in [9.17, 15) is 5.11 Å². The van der Waals surface area contributed by atoms with E-state index in [1.165, 1.54) is 5.56 Å². The van der Waals surface area contributed by atoms with Crippen LogP contribution in [-0.4, -0.2) is 48.9 Å². The van der Waals surface area contributed by atoms with E-state index in [1.807, 2.05) is 0 Å². The Bertz CT molecular complexity index is 519. The second kappa shape index (κ2) is 6.80. The van der Waals surface area contributed by atoms with Crippen LogP contribution in [0.5, 0.6) is 5.75 Å². The first-order chi connectivity index (χ1) is 11.1. The molecule has 2 fully saturated rings. The van der Waals surface area contributed by atoms with Crippen LogP contribution in [0, 0.1) is 11.8 Å². The van der Waals surface area contributed by atoms with Crippen molar-refractivity contribution in [2.24, 2.45) is 11.8 Å². The number of unbranched alkanes of at least 4 members (excludes halogenated alkanes) is 1. The van der Waals surface area contributed by atoms with Gasteiger partial charge in [-0.1, -0.05) is 25.5 Å². The van der Waals surface area contributed by atoms with Gasteiger partial charge >= 0.3 is 0 Å². The minimum absolute atomic E-state index is 0.184. The van der Waals surface area contributed by atoms with Gasteiger partial charge in [-0.2, -0.15) is 0 Å². The van der Waals surface area contributed by atoms with Crippen molar-refractivity contribution in [1.82, 2.24) is 10.2 Å². The molecule has 0 amide bonds. The van der Waals surface area contributed by atoms with Crippen LogP contribution in [0.3, 0.4) is 0 Å². The summed E-state index contributed by atoms with van der Waals surface area (Å²) in [6.07, 6.45) is 2.25. The molecule has 0 aromatic heterocycles. The van der Waals surface area contributed by atoms with Crippen molar-refractivity contribution < 1.29 is 9.84 Å². The highest BCUT2D eigenvalue weighted by atomic mass is 16.5. The average molecular weight is 318 g/mol. The van der Waals surface area contributed by atoms with E-state index in [-0.39, 0.29) is 12.1 Å². The molecule has 4 nitrogen and oxygen atoms in total. The van der Waals surface area contributed by atoms with Crippen LogP contribution in [0.25, 0.3) is 0 Å². The maximum Gasteiger partial charge on any atom is 0.119 e. The lowest BCUT2D eigenvalue weighted by molar-refractivity contribution is 0.145. The molecule has 2 aliphatic heterocycles. The third-order valence-corrected chi connectivity index (χ3v) is 5.61. The molecular weight excluding hydrogens is 288 g/mol. The highest BCUT2D eigenvalue weighted by Gasteiger charge is 2.53. The van der Waals surface area contributed by atoms with Gasteiger partial charge in [0, 0.05) is 24.7 Å². The molecule has 2 N–H and O–H groups in total. The van der Waals surface area contributed by atoms with Crippen molar-refractivity contribution in [2.45, 2.75) is 38.3 Å². The highest BCUT2D eigenvalue weighted by Crippen LogP contribution is 2.46. The average Bonchev–Trinajstić information content (AvgIpc) is 3.06. The molecule has 4 heteroatoms. The van der Waals surface area contributed by atoms with Gasteiger partial charge in [0.25, 0.3) is 0 Å². The summed E-state index contributed by atoms with van der Waals surface area (Å²) in [4.78, 5) is 2.39. The Labute approximate surface area is 139 Å². The van der Waals surface area contributed by atoms with E-state index in [0.29, 0.717) is 17.9 Å². The number of rotatable bonds is 6. The van der Waals surface area contributed by atoms with Gasteiger partial charge in [0.2, 0.25) is 0 Å². The van der Waals surface area contributed by atoms with Crippen molar-refractivity contribution in [2.75, 3.05) is 33.4 Å². The van der Waals surface area contributed by atoms with Crippen molar-refractivity contribution in [3.05, 3.63) is 29.8 Å². The molecule has 1 aromatic rings. The van der Waals surface area contributed by atoms with Crippen molar-refractivity contribution in [3.63, 3.8) is 0 Å². The van der Waals surface area contributed by atoms with Crippen molar-refractivity contribution in [1.29, 1.82) is 0 Å². The SMILES string of the molecule is CCCCOc1ccc([C@H]2N[C@@](C)(CO)[C@H]3CN(C)C[C@@H]23)cc1. The fourth-order valence-corrected chi connectivity index (χ4v) is 4.21. The number of nitrogens with one attached hydrogen (secondary N) is 1. The number of hydrogen-bond donors (Lipinski definition) is 2. The normalized spacial score (nSPS) is 33.8. The summed E-state index contributed by atoms with van der Waals surface area (Å²) in [6, 6.07) is 8.82. The monoisotopic (exact) mass is 318 g/mol. The van der Waals surface area contributed by atoms with Crippen LogP contribution in [-0.2, 0) is 0 Å². The number of aliphatic hydroxyl groups excluding tert-OH is 1. The number of ether oxygens (including phenoxy) is 1. The first-order valence-corrected chi connectivity index (χ1v) is 8.87. The van der Waals surface area contributed by atoms with E-state index >= 15 is 0 Å². The first-order valence-electron chi connectivity index (χ1n) is 8.87. The van der Waals surface area contributed by atoms with Gasteiger partial charge in [0.15, 0.2) is 0 Å². The Hall–Kier alpha value is -1.10. The third kappa shape index (κ3) is 3.25. The standard InChI is InChI=1S/C19H30N2O2/c1-4-5-10-23-15-8-6-14(7-9-15)18-16-11-21(3)12-17(16)19(2,13-22)20-18/h6-9,16-18,20,22H,4-5,10-13H2,1-3H3/t16-,17+,18-,19+/m1/s1. The summed E-state index contributed by atoms with van der Waals surface area (Å²) < 4.78 is 5.76. The first kappa shape index (κ1) is 16.7. The summed E-state index contributed by atoms with van der Waals surface area (Å²) in [5.74, 6) is 2.01. The maximum absolute atomic E-state index is 9.89. The quantitative estimate of drug-likeness (QED) is 0.791. The molecule has 4 atom stereocenters. The van der Waals surface area contributed by atoms with Crippen LogP contribution < -0.4 is 10.1 Å². The molecule has 2 heterocycles. The Morgan fingerprint density at radius 2 is 2.04 bits per heavy atom. The van der Waals surface area contributed by atoms with Gasteiger partial charge in [-0.25, -0.2) is 0 Å². The van der Waals surface area contributed by atoms with Gasteiger partial charge in [0.1, 0.15) is 5.75 Å². The van der Waals surface area contributed by atoms with E-state index in [2.05, 4.69) is 55.4 Å². The minimum Gasteiger partial charge on any atom is -0.494 e. The molecule has 128 valence electrons. The van der Waals surface area contributed by atoms with Gasteiger partial charge in [-0.3, -0.25) is 0 Å². The lowest BCUT2D eigenvalue weighted by Crippen LogP contribution is -2.47. The third-order valence-electron chi connectivity index (χ3n) is 5.61. The largest absolute Gasteiger partial charge is 0.494 e. The zero-order valence-corrected chi connectivity index (χ0v) is 14.6. The number of benzene rings is 1. The van der Waals surface area contributed by atoms with Gasteiger partial charge in [-0.15, -0.1) is 0 Å². The molecule has 0 spiro atoms. The van der Waals surface area contributed by atoms with E-state index in [0.717, 1.165) is 38.3 Å². The van der Waals surface area contributed by atoms with E-state index in [4.69, 9.17) is 4.74 Å². The number of likely N-dealkylation sites (tertiary alicyclic amines) is 1. The van der Waals surface area contributed by atoms with Crippen LogP contribution in [0.2, 0.25) is 0 Å². The summed E-state index contributed by atoms with van der Waals surface area (Å²) in [7, 11) is 2.18. The lowest BCUT2D eigenvalue weighted by Gasteiger charge is -2.30. The summed E-state index contributed by atoms with van der Waals surface area (Å²) in [5, 5.41) is 13.6. The molecule has 0 bridgehead atoms. The molecule has 23 heavy (non-hydrogen) atoms. The topological polar surface area (TPSA) is 44.7 Å². The van der Waals surface area contributed by atoms with E-state index in [1.54, 1.807) is 0 Å². The summed E-state index contributed by atoms with van der Waals surface area (Å²) in [6.45, 7) is 7.46. The fraction of sp³-hybridized carbons (Fsp3) is 0.684. The Kier molecular flexibility index (Phi) is 4.95. The van der Waals surface area contributed by atoms with Crippen LogP contribution in [0.1, 0.15) is 38.3 Å². The Morgan fingerprint density at radius 1 is 1.30 bits per heavy atom. The molecule has 0 unspecified atom stereocenters. The molecular formula is C19H30N2O2. The van der Waals surface area contributed by atoms with Crippen molar-refractivity contribution >= 4 is 0 Å². The number of aliphatic hydroxyl groups is 1. The number of fused-ring (bicyclic) bond motifs is 1. The highest BCUT2D eigenvalue weighted by molar-refractivity contribution is 5.32. The molecule has 3 rings (SSSR count). The fourth-order valence-electron chi connectivity index (χ4n) is 4.21. The Morgan fingerprint density at radius 3 is 2.70 bits per heavy atom. The number of nitrogens with zero attached hydrogens (tertiary/aromatic N) is 1. The number of hydrogen-bond acceptors (Lipinski definition) is 4. The minimum atomic E-state index is -0.184. The molecule has 2 saturated heterocycles. The zero-order valence-electron chi connectivity index (χ0n) is 14.6. The summed E-state index contributed by atoms with van der Waals surface area (Å²) in [5.41, 5.74) is 1.12. The predicted octanol–water partition coefficient (Wildman–Crippen LogP) is 2.44. The molecule has 0 saturated carbocycles. The van der Waals surface area contributed by atoms with Gasteiger partial charge in [0.05, 0.1) is 13.2 Å². The lowest BCUT2D eigenvalue weighted by atomic mass is 9.81. The van der Waals surface area contributed by atoms with Gasteiger partial charge < -0.3 is 20.1 Å². The maximum atomic E-state index is 9.89. The van der Waals surface area contributed by atoms with Crippen molar-refractivity contribution in [3.8, 4) is 5.75 Å². The molecule has 2 aliphatic rings. The smallest absolute Gasteiger partial charge is 0.119 e. The molecule has 1 aromatic carbocycles. The Balaban J connectivity index is 1.73. The second-order valence-electron chi connectivity index (χ2n) is 7.46. The predicted molar refractivity (Wildman–Crippen MR) is 92.7 cm³/mol. The molecule has 0 radical (unpaired) electrons. The van der Waals surface area contributed by atoms with Crippen LogP contribution in [0.4, 0.5) is 0 Å². The molecule has 0 aliphatic carbocycles. The van der Waals surface area contributed by atoms with Crippen LogP contribution >= 0.6 is 0 Å². The second-order valence-corrected chi connectivity index (χ2v) is 7.46. The van der Waals surface area contributed by atoms with Gasteiger partial charge in [-0.05, 0) is 49.9 Å².